The second-order valence-corrected chi connectivity index (χ2v) is 6.57. The molecule has 2 N–H and O–H groups in total. The van der Waals surface area contributed by atoms with Crippen LogP contribution in [-0.2, 0) is 4.79 Å². The van der Waals surface area contributed by atoms with E-state index >= 15 is 0 Å². The molecule has 0 aromatic carbocycles. The third kappa shape index (κ3) is 3.86. The predicted molar refractivity (Wildman–Crippen MR) is 102 cm³/mol. The van der Waals surface area contributed by atoms with Crippen LogP contribution in [0.4, 0.5) is 13.2 Å². The van der Waals surface area contributed by atoms with Crippen LogP contribution in [0.2, 0.25) is 0 Å². The average molecular weight is 415 g/mol. The summed E-state index contributed by atoms with van der Waals surface area (Å²) < 4.78 is 40.1. The zero-order valence-corrected chi connectivity index (χ0v) is 15.7. The summed E-state index contributed by atoms with van der Waals surface area (Å²) in [6, 6.07) is 4.80. The van der Waals surface area contributed by atoms with Crippen LogP contribution in [0.1, 0.15) is 17.9 Å². The van der Waals surface area contributed by atoms with Gasteiger partial charge in [-0.05, 0) is 17.7 Å². The molecular weight excluding hydrogens is 399 g/mol. The van der Waals surface area contributed by atoms with Gasteiger partial charge >= 0.3 is 6.18 Å². The molecule has 8 nitrogen and oxygen atoms in total. The zero-order valence-electron chi connectivity index (χ0n) is 15.7. The lowest BCUT2D eigenvalue weighted by atomic mass is 9.96. The van der Waals surface area contributed by atoms with Crippen molar-refractivity contribution < 1.29 is 18.0 Å². The van der Waals surface area contributed by atoms with Crippen molar-refractivity contribution in [2.75, 3.05) is 7.05 Å². The number of carbonyl (C=O) groups is 1. The van der Waals surface area contributed by atoms with E-state index < -0.39 is 24.4 Å². The normalized spacial score (nSPS) is 12.8. The molecule has 1 amide bonds. The molecule has 0 aliphatic carbocycles. The van der Waals surface area contributed by atoms with Gasteiger partial charge in [-0.25, -0.2) is 19.6 Å². The van der Waals surface area contributed by atoms with Gasteiger partial charge in [-0.1, -0.05) is 6.07 Å². The summed E-state index contributed by atoms with van der Waals surface area (Å²) in [5.74, 6) is -1.68. The monoisotopic (exact) mass is 415 g/mol. The van der Waals surface area contributed by atoms with E-state index in [-0.39, 0.29) is 5.56 Å². The van der Waals surface area contributed by atoms with Crippen LogP contribution in [-0.4, -0.2) is 48.8 Å². The van der Waals surface area contributed by atoms with Crippen molar-refractivity contribution in [2.24, 2.45) is 0 Å². The number of hydrogen-bond acceptors (Lipinski definition) is 5. The molecule has 0 radical (unpaired) electrons. The Morgan fingerprint density at radius 2 is 2.03 bits per heavy atom. The smallest absolute Gasteiger partial charge is 0.359 e. The maximum atomic E-state index is 12.9. The number of likely N-dealkylation sites (N-methyl/N-ethyl adjacent to an activating group) is 1. The number of alkyl halides is 3. The zero-order chi connectivity index (χ0) is 21.3. The van der Waals surface area contributed by atoms with Gasteiger partial charge in [0.2, 0.25) is 5.91 Å². The van der Waals surface area contributed by atoms with E-state index in [1.54, 1.807) is 24.9 Å². The van der Waals surface area contributed by atoms with Crippen molar-refractivity contribution in [2.45, 2.75) is 18.5 Å². The van der Waals surface area contributed by atoms with Crippen molar-refractivity contribution in [3.8, 4) is 16.9 Å². The van der Waals surface area contributed by atoms with Gasteiger partial charge in [-0.15, -0.1) is 0 Å². The van der Waals surface area contributed by atoms with Gasteiger partial charge in [0.1, 0.15) is 0 Å². The summed E-state index contributed by atoms with van der Waals surface area (Å²) in [7, 11) is 1.30. The third-order valence-electron chi connectivity index (χ3n) is 4.63. The molecule has 1 atom stereocenters. The lowest BCUT2D eigenvalue weighted by molar-refractivity contribution is -0.147. The van der Waals surface area contributed by atoms with E-state index in [0.29, 0.717) is 11.5 Å². The van der Waals surface area contributed by atoms with Crippen LogP contribution in [0.5, 0.6) is 0 Å². The summed E-state index contributed by atoms with van der Waals surface area (Å²) in [6.45, 7) is 0. The number of fused-ring (bicyclic) bond motifs is 1. The molecule has 4 heterocycles. The highest BCUT2D eigenvalue weighted by molar-refractivity contribution is 5.88. The first kappa shape index (κ1) is 19.6. The number of amides is 1. The minimum Gasteiger partial charge on any atom is -0.359 e. The maximum Gasteiger partial charge on any atom is 0.390 e. The molecule has 0 saturated carbocycles. The number of halogens is 3. The Bertz CT molecular complexity index is 1180. The van der Waals surface area contributed by atoms with E-state index in [9.17, 15) is 18.0 Å². The van der Waals surface area contributed by atoms with Gasteiger partial charge < -0.3 is 10.3 Å². The highest BCUT2D eigenvalue weighted by Crippen LogP contribution is 2.31. The number of rotatable bonds is 5. The molecule has 11 heteroatoms. The summed E-state index contributed by atoms with van der Waals surface area (Å²) in [5.41, 5.74) is 3.16. The fourth-order valence-electron chi connectivity index (χ4n) is 3.18. The van der Waals surface area contributed by atoms with Crippen molar-refractivity contribution in [3.63, 3.8) is 0 Å². The largest absolute Gasteiger partial charge is 0.390 e. The molecule has 4 aromatic heterocycles. The Balaban J connectivity index is 1.62. The van der Waals surface area contributed by atoms with Gasteiger partial charge in [-0.3, -0.25) is 4.79 Å². The number of nitrogens with zero attached hydrogens (tertiary/aromatic N) is 5. The number of pyridine rings is 2. The van der Waals surface area contributed by atoms with Gasteiger partial charge in [0.15, 0.2) is 11.5 Å². The summed E-state index contributed by atoms with van der Waals surface area (Å²) in [4.78, 5) is 27.4. The maximum absolute atomic E-state index is 12.9. The molecule has 4 aromatic rings. The number of aromatic nitrogens is 6. The van der Waals surface area contributed by atoms with E-state index in [1.165, 1.54) is 30.1 Å². The number of imidazole rings is 1. The van der Waals surface area contributed by atoms with Crippen molar-refractivity contribution in [3.05, 3.63) is 54.9 Å². The fourth-order valence-corrected chi connectivity index (χ4v) is 3.18. The van der Waals surface area contributed by atoms with Crippen LogP contribution in [0.15, 0.2) is 49.3 Å². The van der Waals surface area contributed by atoms with Gasteiger partial charge in [0.25, 0.3) is 0 Å². The van der Waals surface area contributed by atoms with Crippen LogP contribution in [0, 0.1) is 0 Å². The van der Waals surface area contributed by atoms with E-state index in [4.69, 9.17) is 0 Å². The van der Waals surface area contributed by atoms with E-state index in [2.05, 4.69) is 30.4 Å². The first-order valence-corrected chi connectivity index (χ1v) is 8.93. The van der Waals surface area contributed by atoms with E-state index in [1.807, 2.05) is 6.07 Å². The van der Waals surface area contributed by atoms with Crippen LogP contribution < -0.4 is 5.32 Å². The number of H-pyrrole nitrogens is 1. The summed E-state index contributed by atoms with van der Waals surface area (Å²) >= 11 is 0. The van der Waals surface area contributed by atoms with Crippen molar-refractivity contribution >= 4 is 17.1 Å². The number of hydrogen-bond donors (Lipinski definition) is 2. The van der Waals surface area contributed by atoms with Crippen LogP contribution in [0.3, 0.4) is 0 Å². The highest BCUT2D eigenvalue weighted by atomic mass is 19.4. The van der Waals surface area contributed by atoms with Crippen LogP contribution in [0.25, 0.3) is 28.1 Å². The number of carbonyl (C=O) groups excluding carboxylic acids is 1. The number of nitrogens with one attached hydrogen (secondary N) is 2. The Morgan fingerprint density at radius 3 is 2.73 bits per heavy atom. The van der Waals surface area contributed by atoms with Crippen molar-refractivity contribution in [1.82, 2.24) is 35.0 Å². The molecule has 4 rings (SSSR count). The molecule has 0 spiro atoms. The minimum atomic E-state index is -4.48. The molecule has 0 fully saturated rings. The van der Waals surface area contributed by atoms with Gasteiger partial charge in [0.05, 0.1) is 30.4 Å². The first-order valence-electron chi connectivity index (χ1n) is 8.93. The SMILES string of the molecule is CNC(=O)C(CC(F)(F)F)c1ccc(-n2cc(-c3ccnc4nc[nH]c34)cn2)nc1. The topological polar surface area (TPSA) is 101 Å². The Labute approximate surface area is 168 Å². The third-order valence-corrected chi connectivity index (χ3v) is 4.63. The molecule has 1 unspecified atom stereocenters. The molecule has 0 saturated heterocycles. The highest BCUT2D eigenvalue weighted by Gasteiger charge is 2.36. The van der Waals surface area contributed by atoms with E-state index in [0.717, 1.165) is 16.6 Å². The molecule has 0 aliphatic rings. The van der Waals surface area contributed by atoms with Crippen molar-refractivity contribution in [1.29, 1.82) is 0 Å². The standard InChI is InChI=1S/C19H16F3N7O/c1-23-18(30)14(6-19(20,21)22)11-2-3-15(25-7-11)29-9-12(8-28-29)13-4-5-24-17-16(13)26-10-27-17/h2-5,7-10,14H,6H2,1H3,(H,23,30)(H,24,26,27). The minimum absolute atomic E-state index is 0.177. The quantitative estimate of drug-likeness (QED) is 0.522. The first-order chi connectivity index (χ1) is 14.4. The lowest BCUT2D eigenvalue weighted by Gasteiger charge is -2.17. The molecule has 0 aliphatic heterocycles. The second-order valence-electron chi connectivity index (χ2n) is 6.57. The number of aromatic amines is 1. The lowest BCUT2D eigenvalue weighted by Crippen LogP contribution is -2.29. The predicted octanol–water partition coefficient (Wildman–Crippen LogP) is 2.99. The second kappa shape index (κ2) is 7.58. The molecule has 154 valence electrons. The Kier molecular flexibility index (Phi) is 4.94. The summed E-state index contributed by atoms with van der Waals surface area (Å²) in [6.07, 6.45) is 2.10. The Hall–Kier alpha value is -3.76. The Morgan fingerprint density at radius 1 is 1.20 bits per heavy atom. The fraction of sp³-hybridized carbons (Fsp3) is 0.211. The van der Waals surface area contributed by atoms with Gasteiger partial charge in [0, 0.05) is 36.8 Å². The molecule has 30 heavy (non-hydrogen) atoms. The molecule has 0 bridgehead atoms. The van der Waals surface area contributed by atoms with Crippen LogP contribution >= 0.6 is 0 Å². The molecular formula is C19H16F3N7O. The average Bonchev–Trinajstić information content (AvgIpc) is 3.40. The summed E-state index contributed by atoms with van der Waals surface area (Å²) in [5, 5.41) is 6.55. The van der Waals surface area contributed by atoms with Gasteiger partial charge in [-0.2, -0.15) is 18.3 Å².